The van der Waals surface area contributed by atoms with E-state index in [1.54, 1.807) is 7.11 Å². The molecular formula is C23H32N4O3. The highest BCUT2D eigenvalue weighted by Crippen LogP contribution is 2.22. The van der Waals surface area contributed by atoms with Gasteiger partial charge in [-0.15, -0.1) is 0 Å². The number of ether oxygens (including phenoxy) is 1. The largest absolute Gasteiger partial charge is 0.497 e. The molecule has 0 bridgehead atoms. The molecule has 3 amide bonds. The number of methoxy groups -OCH3 is 1. The van der Waals surface area contributed by atoms with Crippen molar-refractivity contribution >= 4 is 17.6 Å². The number of carbonyl (C=O) groups is 2. The summed E-state index contributed by atoms with van der Waals surface area (Å²) in [6.45, 7) is 4.56. The van der Waals surface area contributed by atoms with Crippen molar-refractivity contribution in [2.24, 2.45) is 5.92 Å². The highest BCUT2D eigenvalue weighted by atomic mass is 16.5. The van der Waals surface area contributed by atoms with Gasteiger partial charge in [0.25, 0.3) is 0 Å². The molecule has 162 valence electrons. The molecule has 2 rings (SSSR count). The number of rotatable bonds is 9. The van der Waals surface area contributed by atoms with Crippen LogP contribution in [0.5, 0.6) is 5.75 Å². The zero-order valence-corrected chi connectivity index (χ0v) is 18.4. The second-order valence-corrected chi connectivity index (χ2v) is 7.66. The fourth-order valence-corrected chi connectivity index (χ4v) is 2.87. The molecule has 0 saturated heterocycles. The number of nitrogens with one attached hydrogen (secondary N) is 3. The first-order chi connectivity index (χ1) is 14.3. The van der Waals surface area contributed by atoms with Crippen LogP contribution < -0.4 is 20.7 Å². The van der Waals surface area contributed by atoms with Crippen LogP contribution in [0, 0.1) is 5.92 Å². The molecule has 2 aromatic rings. The molecule has 0 aliphatic heterocycles. The van der Waals surface area contributed by atoms with E-state index in [9.17, 15) is 9.59 Å². The van der Waals surface area contributed by atoms with E-state index in [1.165, 1.54) is 0 Å². The Morgan fingerprint density at radius 1 is 1.03 bits per heavy atom. The van der Waals surface area contributed by atoms with Crippen LogP contribution in [0.3, 0.4) is 0 Å². The van der Waals surface area contributed by atoms with Gasteiger partial charge in [0.1, 0.15) is 5.75 Å². The molecule has 0 aliphatic rings. The van der Waals surface area contributed by atoms with Crippen LogP contribution in [0.4, 0.5) is 10.5 Å². The number of nitrogens with zero attached hydrogens (tertiary/aromatic N) is 1. The molecule has 0 spiro atoms. The fraction of sp³-hybridized carbons (Fsp3) is 0.391. The third-order valence-electron chi connectivity index (χ3n) is 4.76. The summed E-state index contributed by atoms with van der Waals surface area (Å²) in [5.41, 5.74) is 2.76. The molecule has 7 heteroatoms. The van der Waals surface area contributed by atoms with E-state index in [2.05, 4.69) is 20.9 Å². The fourth-order valence-electron chi connectivity index (χ4n) is 2.87. The Kier molecular flexibility index (Phi) is 8.68. The lowest BCUT2D eigenvalue weighted by molar-refractivity contribution is -0.118. The van der Waals surface area contributed by atoms with Crippen LogP contribution in [-0.2, 0) is 11.3 Å². The summed E-state index contributed by atoms with van der Waals surface area (Å²) in [6, 6.07) is 15.1. The minimum Gasteiger partial charge on any atom is -0.497 e. The first-order valence-corrected chi connectivity index (χ1v) is 10.0. The van der Waals surface area contributed by atoms with Gasteiger partial charge >= 0.3 is 6.03 Å². The summed E-state index contributed by atoms with van der Waals surface area (Å²) in [4.78, 5) is 26.1. The highest BCUT2D eigenvalue weighted by molar-refractivity contribution is 5.92. The Labute approximate surface area is 178 Å². The minimum absolute atomic E-state index is 0.0215. The highest BCUT2D eigenvalue weighted by Gasteiger charge is 2.16. The van der Waals surface area contributed by atoms with Gasteiger partial charge in [-0.25, -0.2) is 4.79 Å². The summed E-state index contributed by atoms with van der Waals surface area (Å²) in [6.07, 6.45) is 0. The van der Waals surface area contributed by atoms with Crippen LogP contribution >= 0.6 is 0 Å². The summed E-state index contributed by atoms with van der Waals surface area (Å²) < 4.78 is 5.30. The monoisotopic (exact) mass is 412 g/mol. The number of likely N-dealkylation sites (N-methyl/N-ethyl adjacent to an activating group) is 1. The van der Waals surface area contributed by atoms with Crippen molar-refractivity contribution in [1.29, 1.82) is 0 Å². The van der Waals surface area contributed by atoms with Crippen LogP contribution in [0.15, 0.2) is 48.5 Å². The lowest BCUT2D eigenvalue weighted by Gasteiger charge is -2.25. The van der Waals surface area contributed by atoms with Gasteiger partial charge in [-0.2, -0.15) is 0 Å². The maximum Gasteiger partial charge on any atom is 0.315 e. The first-order valence-electron chi connectivity index (χ1n) is 10.0. The predicted octanol–water partition coefficient (Wildman–Crippen LogP) is 3.39. The molecular weight excluding hydrogens is 380 g/mol. The number of hydrogen-bond acceptors (Lipinski definition) is 4. The average molecular weight is 413 g/mol. The maximum absolute atomic E-state index is 12.3. The van der Waals surface area contributed by atoms with E-state index in [0.717, 1.165) is 22.6 Å². The average Bonchev–Trinajstić information content (AvgIpc) is 2.73. The van der Waals surface area contributed by atoms with Crippen LogP contribution in [-0.4, -0.2) is 44.6 Å². The van der Waals surface area contributed by atoms with E-state index in [0.29, 0.717) is 13.1 Å². The van der Waals surface area contributed by atoms with Crippen molar-refractivity contribution in [3.8, 4) is 5.75 Å². The van der Waals surface area contributed by atoms with Gasteiger partial charge in [-0.3, -0.25) is 4.79 Å². The molecule has 0 saturated carbocycles. The van der Waals surface area contributed by atoms with E-state index in [1.807, 2.05) is 76.5 Å². The Bertz CT molecular complexity index is 835. The summed E-state index contributed by atoms with van der Waals surface area (Å²) in [5.74, 6) is 0.696. The van der Waals surface area contributed by atoms with Gasteiger partial charge in [0, 0.05) is 24.7 Å². The molecule has 0 radical (unpaired) electrons. The number of benzene rings is 2. The molecule has 1 unspecified atom stereocenters. The third-order valence-corrected chi connectivity index (χ3v) is 4.76. The maximum atomic E-state index is 12.3. The molecule has 0 heterocycles. The number of carbonyl (C=O) groups excluding carboxylic acids is 2. The smallest absolute Gasteiger partial charge is 0.315 e. The Hall–Kier alpha value is -3.06. The number of anilines is 1. The summed E-state index contributed by atoms with van der Waals surface area (Å²) in [5, 5.41) is 8.64. The molecule has 30 heavy (non-hydrogen) atoms. The van der Waals surface area contributed by atoms with Crippen LogP contribution in [0.1, 0.15) is 31.0 Å². The van der Waals surface area contributed by atoms with Crippen LogP contribution in [0.25, 0.3) is 0 Å². The number of amides is 3. The van der Waals surface area contributed by atoms with Gasteiger partial charge in [0.15, 0.2) is 0 Å². The van der Waals surface area contributed by atoms with Gasteiger partial charge in [-0.1, -0.05) is 38.1 Å². The zero-order valence-electron chi connectivity index (χ0n) is 18.4. The normalized spacial score (nSPS) is 11.8. The van der Waals surface area contributed by atoms with Gasteiger partial charge in [0.05, 0.1) is 13.2 Å². The van der Waals surface area contributed by atoms with E-state index < -0.39 is 0 Å². The second kappa shape index (κ2) is 11.2. The van der Waals surface area contributed by atoms with Crippen molar-refractivity contribution < 1.29 is 14.3 Å². The molecule has 7 nitrogen and oxygen atoms in total. The molecule has 0 aliphatic carbocycles. The molecule has 3 N–H and O–H groups in total. The molecule has 0 aromatic heterocycles. The Morgan fingerprint density at radius 2 is 1.73 bits per heavy atom. The summed E-state index contributed by atoms with van der Waals surface area (Å²) in [7, 11) is 5.59. The van der Waals surface area contributed by atoms with Crippen LogP contribution in [0.2, 0.25) is 0 Å². The third kappa shape index (κ3) is 7.08. The lowest BCUT2D eigenvalue weighted by atomic mass is 10.1. The number of urea groups is 1. The minimum atomic E-state index is -0.234. The standard InChI is InChI=1S/C23H32N4O3/c1-16(2)22(28)26-19-11-9-17(10-12-19)14-24-23(29)25-15-21(27(3)4)18-7-6-8-20(13-18)30-5/h6-13,16,21H,14-15H2,1-5H3,(H,26,28)(H2,24,25,29). The Morgan fingerprint density at radius 3 is 2.33 bits per heavy atom. The summed E-state index contributed by atoms with van der Waals surface area (Å²) >= 11 is 0. The van der Waals surface area contributed by atoms with Gasteiger partial charge in [-0.05, 0) is 49.5 Å². The van der Waals surface area contributed by atoms with Crippen molar-refractivity contribution in [2.75, 3.05) is 33.1 Å². The molecule has 1 atom stereocenters. The van der Waals surface area contributed by atoms with Crippen molar-refractivity contribution in [2.45, 2.75) is 26.4 Å². The first kappa shape index (κ1) is 23.2. The molecule has 2 aromatic carbocycles. The molecule has 0 fully saturated rings. The lowest BCUT2D eigenvalue weighted by Crippen LogP contribution is -2.40. The Balaban J connectivity index is 1.85. The number of hydrogen-bond donors (Lipinski definition) is 3. The predicted molar refractivity (Wildman–Crippen MR) is 120 cm³/mol. The zero-order chi connectivity index (χ0) is 22.1. The topological polar surface area (TPSA) is 82.7 Å². The van der Waals surface area contributed by atoms with E-state index >= 15 is 0 Å². The van der Waals surface area contributed by atoms with Gasteiger partial charge < -0.3 is 25.6 Å². The SMILES string of the molecule is COc1cccc(C(CNC(=O)NCc2ccc(NC(=O)C(C)C)cc2)N(C)C)c1. The second-order valence-electron chi connectivity index (χ2n) is 7.66. The van der Waals surface area contributed by atoms with Crippen molar-refractivity contribution in [3.05, 3.63) is 59.7 Å². The van der Waals surface area contributed by atoms with E-state index in [4.69, 9.17) is 4.74 Å². The quantitative estimate of drug-likeness (QED) is 0.590. The van der Waals surface area contributed by atoms with Crippen molar-refractivity contribution in [3.63, 3.8) is 0 Å². The van der Waals surface area contributed by atoms with E-state index in [-0.39, 0.29) is 23.9 Å². The van der Waals surface area contributed by atoms with Gasteiger partial charge in [0.2, 0.25) is 5.91 Å². The van der Waals surface area contributed by atoms with Crippen molar-refractivity contribution in [1.82, 2.24) is 15.5 Å².